The van der Waals surface area contributed by atoms with E-state index in [-0.39, 0.29) is 10.9 Å². The Hall–Kier alpha value is -1.00. The van der Waals surface area contributed by atoms with Crippen LogP contribution in [-0.4, -0.2) is 21.4 Å². The lowest BCUT2D eigenvalue weighted by Crippen LogP contribution is -2.41. The maximum Gasteiger partial charge on any atom is 0.250 e. The summed E-state index contributed by atoms with van der Waals surface area (Å²) in [7, 11) is -1.79. The molecular weight excluding hydrogens is 317 g/mol. The van der Waals surface area contributed by atoms with Crippen molar-refractivity contribution in [3.63, 3.8) is 0 Å². The molecule has 0 aliphatic carbocycles. The van der Waals surface area contributed by atoms with Crippen molar-refractivity contribution in [2.24, 2.45) is 0 Å². The second-order valence-electron chi connectivity index (χ2n) is 7.32. The third-order valence-electron chi connectivity index (χ3n) is 4.61. The van der Waals surface area contributed by atoms with E-state index in [0.29, 0.717) is 17.3 Å². The first kappa shape index (κ1) is 17.4. The highest BCUT2D eigenvalue weighted by molar-refractivity contribution is 6.74. The van der Waals surface area contributed by atoms with E-state index in [2.05, 4.69) is 39.9 Å². The predicted molar refractivity (Wildman–Crippen MR) is 94.6 cm³/mol. The molecule has 1 aromatic rings. The maximum atomic E-state index is 14.0. The van der Waals surface area contributed by atoms with Gasteiger partial charge in [0.25, 0.3) is 0 Å². The number of anilines is 1. The highest BCUT2D eigenvalue weighted by Gasteiger charge is 2.39. The van der Waals surface area contributed by atoms with E-state index in [1.54, 1.807) is 12.1 Å². The number of benzene rings is 1. The number of nitrogens with zero attached hydrogens (tertiary/aromatic N) is 1. The fourth-order valence-electron chi connectivity index (χ4n) is 2.18. The van der Waals surface area contributed by atoms with Gasteiger partial charge in [-0.15, -0.1) is 0 Å². The van der Waals surface area contributed by atoms with Crippen LogP contribution in [0.15, 0.2) is 30.0 Å². The topological polar surface area (TPSA) is 12.5 Å². The van der Waals surface area contributed by atoms with Crippen molar-refractivity contribution in [1.82, 2.24) is 0 Å². The molecule has 22 heavy (non-hydrogen) atoms. The minimum Gasteiger partial charge on any atom is -0.547 e. The van der Waals surface area contributed by atoms with Gasteiger partial charge in [0.15, 0.2) is 0 Å². The van der Waals surface area contributed by atoms with Crippen LogP contribution in [0.4, 0.5) is 10.1 Å². The van der Waals surface area contributed by atoms with Gasteiger partial charge in [0, 0.05) is 24.5 Å². The second-order valence-corrected chi connectivity index (χ2v) is 12.5. The quantitative estimate of drug-likeness (QED) is 0.664. The van der Waals surface area contributed by atoms with E-state index in [9.17, 15) is 4.39 Å². The summed E-state index contributed by atoms with van der Waals surface area (Å²) < 4.78 is 20.3. The zero-order valence-corrected chi connectivity index (χ0v) is 15.8. The molecule has 2 rings (SSSR count). The van der Waals surface area contributed by atoms with Crippen LogP contribution in [-0.2, 0) is 4.43 Å². The van der Waals surface area contributed by atoms with Gasteiger partial charge < -0.3 is 9.33 Å². The molecule has 0 atom stereocenters. The highest BCUT2D eigenvalue weighted by atomic mass is 35.5. The third-order valence-corrected chi connectivity index (χ3v) is 9.23. The van der Waals surface area contributed by atoms with Gasteiger partial charge in [0.05, 0.1) is 11.4 Å². The number of hydrogen-bond acceptors (Lipinski definition) is 2. The summed E-state index contributed by atoms with van der Waals surface area (Å²) in [6, 6.07) is 4.83. The van der Waals surface area contributed by atoms with Crippen LogP contribution in [0.1, 0.15) is 27.2 Å². The lowest BCUT2D eigenvalue weighted by atomic mass is 10.2. The van der Waals surface area contributed by atoms with E-state index in [0.717, 1.165) is 18.7 Å². The van der Waals surface area contributed by atoms with Gasteiger partial charge in [-0.1, -0.05) is 32.4 Å². The van der Waals surface area contributed by atoms with E-state index in [1.165, 1.54) is 6.07 Å². The normalized spacial score (nSPS) is 16.5. The summed E-state index contributed by atoms with van der Waals surface area (Å²) in [5.41, 5.74) is 0.604. The first-order chi connectivity index (χ1) is 10.1. The molecule has 0 amide bonds. The average molecular weight is 342 g/mol. The SMILES string of the molecule is CC(C)(C)[Si](C)(C)OC1=CCN(c2ccc(Cl)cc2F)CC1. The number of hydrogen-bond donors (Lipinski definition) is 0. The number of halogens is 2. The lowest BCUT2D eigenvalue weighted by Gasteiger charge is -2.39. The molecule has 1 aliphatic rings. The molecule has 1 aromatic carbocycles. The minimum atomic E-state index is -1.79. The van der Waals surface area contributed by atoms with Gasteiger partial charge in [0.2, 0.25) is 8.32 Å². The zero-order valence-electron chi connectivity index (χ0n) is 14.0. The molecule has 0 saturated heterocycles. The predicted octanol–water partition coefficient (Wildman–Crippen LogP) is 5.59. The molecule has 0 spiro atoms. The van der Waals surface area contributed by atoms with Crippen LogP contribution in [0.25, 0.3) is 0 Å². The first-order valence-electron chi connectivity index (χ1n) is 7.68. The van der Waals surface area contributed by atoms with Crippen LogP contribution in [0, 0.1) is 5.82 Å². The molecule has 0 aromatic heterocycles. The van der Waals surface area contributed by atoms with Crippen LogP contribution in [0.2, 0.25) is 23.2 Å². The molecule has 5 heteroatoms. The summed E-state index contributed by atoms with van der Waals surface area (Å²) in [4.78, 5) is 2.02. The standard InChI is InChI=1S/C17H25ClFNOSi/c1-17(2,3)22(4,5)21-14-8-10-20(11-9-14)16-7-6-13(18)12-15(16)19/h6-8,12H,9-11H2,1-5H3. The Bertz CT molecular complexity index is 581. The van der Waals surface area contributed by atoms with Crippen molar-refractivity contribution < 1.29 is 8.82 Å². The Kier molecular flexibility index (Phi) is 4.92. The zero-order chi connectivity index (χ0) is 16.5. The fraction of sp³-hybridized carbons (Fsp3) is 0.529. The Morgan fingerprint density at radius 2 is 1.95 bits per heavy atom. The third kappa shape index (κ3) is 3.85. The Morgan fingerprint density at radius 1 is 1.27 bits per heavy atom. The first-order valence-corrected chi connectivity index (χ1v) is 11.0. The van der Waals surface area contributed by atoms with E-state index >= 15 is 0 Å². The van der Waals surface area contributed by atoms with Crippen LogP contribution in [0.5, 0.6) is 0 Å². The van der Waals surface area contributed by atoms with Crippen LogP contribution in [0.3, 0.4) is 0 Å². The molecule has 0 fully saturated rings. The second kappa shape index (κ2) is 6.24. The highest BCUT2D eigenvalue weighted by Crippen LogP contribution is 2.38. The summed E-state index contributed by atoms with van der Waals surface area (Å²) in [6.07, 6.45) is 2.90. The molecule has 2 nitrogen and oxygen atoms in total. The van der Waals surface area contributed by atoms with Crippen molar-refractivity contribution in [1.29, 1.82) is 0 Å². The largest absolute Gasteiger partial charge is 0.547 e. The van der Waals surface area contributed by atoms with E-state index in [4.69, 9.17) is 16.0 Å². The van der Waals surface area contributed by atoms with Gasteiger partial charge in [-0.3, -0.25) is 0 Å². The molecular formula is C17H25ClFNOSi. The maximum absolute atomic E-state index is 14.0. The molecule has 0 radical (unpaired) electrons. The van der Waals surface area contributed by atoms with Gasteiger partial charge in [-0.25, -0.2) is 4.39 Å². The fourth-order valence-corrected chi connectivity index (χ4v) is 3.49. The molecule has 1 heterocycles. The molecule has 0 bridgehead atoms. The Balaban J connectivity index is 2.07. The lowest BCUT2D eigenvalue weighted by molar-refractivity contribution is 0.360. The average Bonchev–Trinajstić information content (AvgIpc) is 2.38. The van der Waals surface area contributed by atoms with Crippen LogP contribution >= 0.6 is 11.6 Å². The van der Waals surface area contributed by atoms with Gasteiger partial charge in [-0.2, -0.15) is 0 Å². The minimum absolute atomic E-state index is 0.188. The molecule has 0 unspecified atom stereocenters. The van der Waals surface area contributed by atoms with E-state index in [1.807, 2.05) is 4.90 Å². The Morgan fingerprint density at radius 3 is 2.45 bits per heavy atom. The van der Waals surface area contributed by atoms with Crippen molar-refractivity contribution in [2.75, 3.05) is 18.0 Å². The van der Waals surface area contributed by atoms with Crippen molar-refractivity contribution in [3.8, 4) is 0 Å². The van der Waals surface area contributed by atoms with Crippen molar-refractivity contribution in [3.05, 3.63) is 40.9 Å². The molecule has 0 N–H and O–H groups in total. The van der Waals surface area contributed by atoms with Gasteiger partial charge in [-0.05, 0) is 42.4 Å². The van der Waals surface area contributed by atoms with E-state index < -0.39 is 8.32 Å². The summed E-state index contributed by atoms with van der Waals surface area (Å²) >= 11 is 5.81. The smallest absolute Gasteiger partial charge is 0.250 e. The number of rotatable bonds is 3. The van der Waals surface area contributed by atoms with Crippen LogP contribution < -0.4 is 4.90 Å². The van der Waals surface area contributed by atoms with Crippen molar-refractivity contribution >= 4 is 25.6 Å². The van der Waals surface area contributed by atoms with Crippen molar-refractivity contribution in [2.45, 2.75) is 45.3 Å². The summed E-state index contributed by atoms with van der Waals surface area (Å²) in [6.45, 7) is 12.6. The van der Waals surface area contributed by atoms with Gasteiger partial charge >= 0.3 is 0 Å². The molecule has 122 valence electrons. The van der Waals surface area contributed by atoms with Gasteiger partial charge in [0.1, 0.15) is 5.82 Å². The monoisotopic (exact) mass is 341 g/mol. The summed E-state index contributed by atoms with van der Waals surface area (Å²) in [5.74, 6) is 0.784. The molecule has 0 saturated carbocycles. The molecule has 1 aliphatic heterocycles. The Labute approximate surface area is 139 Å². The summed E-state index contributed by atoms with van der Waals surface area (Å²) in [5, 5.41) is 0.614.